The van der Waals surface area contributed by atoms with E-state index in [0.717, 1.165) is 32.8 Å². The maximum Gasteiger partial charge on any atom is 0.0557 e. The van der Waals surface area contributed by atoms with E-state index in [1.165, 1.54) is 5.56 Å². The van der Waals surface area contributed by atoms with Crippen molar-refractivity contribution in [2.45, 2.75) is 29.9 Å². The van der Waals surface area contributed by atoms with Crippen molar-refractivity contribution in [2.24, 2.45) is 0 Å². The lowest BCUT2D eigenvalue weighted by Gasteiger charge is -2.13. The molecule has 20 heavy (non-hydrogen) atoms. The van der Waals surface area contributed by atoms with Crippen LogP contribution in [-0.2, 0) is 6.42 Å². The Hall–Kier alpha value is -0.340. The highest BCUT2D eigenvalue weighted by atomic mass is 35.5. The molecule has 0 saturated carbocycles. The molecule has 0 aliphatic rings. The highest BCUT2D eigenvalue weighted by Crippen LogP contribution is 2.37. The molecule has 2 rings (SSSR count). The standard InChI is InChI=1S/C16H15Cl3S/c1-11(5-6-12-7-9-13(17)10-8-12)20-16-14(18)3-2-4-15(16)19/h2-4,7-11H,5-6H2,1H3. The fourth-order valence-electron chi connectivity index (χ4n) is 1.88. The van der Waals surface area contributed by atoms with Gasteiger partial charge in [0.2, 0.25) is 0 Å². The van der Waals surface area contributed by atoms with Crippen LogP contribution in [-0.4, -0.2) is 5.25 Å². The third-order valence-corrected chi connectivity index (χ3v) is 5.41. The molecule has 0 N–H and O–H groups in total. The summed E-state index contributed by atoms with van der Waals surface area (Å²) in [5.41, 5.74) is 1.30. The number of halogens is 3. The van der Waals surface area contributed by atoms with Crippen molar-refractivity contribution in [1.29, 1.82) is 0 Å². The smallest absolute Gasteiger partial charge is 0.0557 e. The van der Waals surface area contributed by atoms with E-state index in [1.807, 2.05) is 30.3 Å². The lowest BCUT2D eigenvalue weighted by Crippen LogP contribution is -1.99. The zero-order valence-electron chi connectivity index (χ0n) is 11.1. The van der Waals surface area contributed by atoms with E-state index in [9.17, 15) is 0 Å². The number of benzene rings is 2. The number of aryl methyl sites for hydroxylation is 1. The number of hydrogen-bond donors (Lipinski definition) is 0. The van der Waals surface area contributed by atoms with Gasteiger partial charge in [-0.3, -0.25) is 0 Å². The van der Waals surface area contributed by atoms with E-state index in [1.54, 1.807) is 11.8 Å². The van der Waals surface area contributed by atoms with Gasteiger partial charge in [0.25, 0.3) is 0 Å². The molecule has 0 aliphatic heterocycles. The second-order valence-corrected chi connectivity index (χ2v) is 7.34. The third-order valence-electron chi connectivity index (χ3n) is 2.99. The molecule has 0 fully saturated rings. The molecular weight excluding hydrogens is 331 g/mol. The van der Waals surface area contributed by atoms with Crippen LogP contribution in [0.25, 0.3) is 0 Å². The van der Waals surface area contributed by atoms with Gasteiger partial charge in [0.05, 0.1) is 10.0 Å². The highest BCUT2D eigenvalue weighted by Gasteiger charge is 2.11. The van der Waals surface area contributed by atoms with Crippen LogP contribution in [0.5, 0.6) is 0 Å². The predicted octanol–water partition coefficient (Wildman–Crippen LogP) is 6.76. The Kier molecular flexibility index (Phi) is 6.10. The minimum atomic E-state index is 0.447. The molecule has 0 aliphatic carbocycles. The summed E-state index contributed by atoms with van der Waals surface area (Å²) in [7, 11) is 0. The summed E-state index contributed by atoms with van der Waals surface area (Å²) in [5.74, 6) is 0. The molecular formula is C16H15Cl3S. The fraction of sp³-hybridized carbons (Fsp3) is 0.250. The second kappa shape index (κ2) is 7.61. The monoisotopic (exact) mass is 344 g/mol. The minimum absolute atomic E-state index is 0.447. The molecule has 2 aromatic rings. The molecule has 0 saturated heterocycles. The van der Waals surface area contributed by atoms with Gasteiger partial charge >= 0.3 is 0 Å². The minimum Gasteiger partial charge on any atom is -0.120 e. The second-order valence-electron chi connectivity index (χ2n) is 4.64. The van der Waals surface area contributed by atoms with Gasteiger partial charge in [0.1, 0.15) is 0 Å². The van der Waals surface area contributed by atoms with Crippen LogP contribution in [0.4, 0.5) is 0 Å². The van der Waals surface area contributed by atoms with Gasteiger partial charge in [0, 0.05) is 15.2 Å². The summed E-state index contributed by atoms with van der Waals surface area (Å²) >= 11 is 20.0. The molecule has 0 amide bonds. The van der Waals surface area contributed by atoms with Crippen LogP contribution in [0.1, 0.15) is 18.9 Å². The zero-order valence-corrected chi connectivity index (χ0v) is 14.2. The lowest BCUT2D eigenvalue weighted by atomic mass is 10.1. The van der Waals surface area contributed by atoms with E-state index in [0.29, 0.717) is 5.25 Å². The first-order valence-electron chi connectivity index (χ1n) is 6.41. The van der Waals surface area contributed by atoms with Crippen molar-refractivity contribution < 1.29 is 0 Å². The van der Waals surface area contributed by atoms with E-state index in [4.69, 9.17) is 34.8 Å². The molecule has 0 aromatic heterocycles. The van der Waals surface area contributed by atoms with Crippen molar-refractivity contribution >= 4 is 46.6 Å². The van der Waals surface area contributed by atoms with Gasteiger partial charge in [-0.05, 0) is 42.7 Å². The summed E-state index contributed by atoms with van der Waals surface area (Å²) in [6.07, 6.45) is 2.08. The van der Waals surface area contributed by atoms with Gasteiger partial charge in [-0.1, -0.05) is 59.9 Å². The molecule has 0 spiro atoms. The summed E-state index contributed by atoms with van der Waals surface area (Å²) in [6.45, 7) is 2.19. The first-order chi connectivity index (χ1) is 9.56. The van der Waals surface area contributed by atoms with Crippen LogP contribution in [0, 0.1) is 0 Å². The maximum absolute atomic E-state index is 6.19. The van der Waals surface area contributed by atoms with Gasteiger partial charge in [-0.25, -0.2) is 0 Å². The Bertz CT molecular complexity index is 546. The van der Waals surface area contributed by atoms with Crippen LogP contribution < -0.4 is 0 Å². The topological polar surface area (TPSA) is 0 Å². The predicted molar refractivity (Wildman–Crippen MR) is 91.6 cm³/mol. The summed E-state index contributed by atoms with van der Waals surface area (Å²) in [6, 6.07) is 13.6. The van der Waals surface area contributed by atoms with E-state index < -0.39 is 0 Å². The van der Waals surface area contributed by atoms with Crippen LogP contribution >= 0.6 is 46.6 Å². The van der Waals surface area contributed by atoms with Gasteiger partial charge in [-0.15, -0.1) is 11.8 Å². The van der Waals surface area contributed by atoms with Crippen LogP contribution in [0.3, 0.4) is 0 Å². The Balaban J connectivity index is 1.92. The fourth-order valence-corrected chi connectivity index (χ4v) is 3.67. The van der Waals surface area contributed by atoms with Crippen molar-refractivity contribution in [3.63, 3.8) is 0 Å². The van der Waals surface area contributed by atoms with E-state index >= 15 is 0 Å². The maximum atomic E-state index is 6.19. The van der Waals surface area contributed by atoms with Crippen LogP contribution in [0.2, 0.25) is 15.1 Å². The van der Waals surface area contributed by atoms with Gasteiger partial charge in [-0.2, -0.15) is 0 Å². The van der Waals surface area contributed by atoms with Crippen molar-refractivity contribution in [1.82, 2.24) is 0 Å². The average Bonchev–Trinajstić information content (AvgIpc) is 2.42. The Morgan fingerprint density at radius 3 is 2.15 bits per heavy atom. The Morgan fingerprint density at radius 1 is 0.950 bits per heavy atom. The Morgan fingerprint density at radius 2 is 1.55 bits per heavy atom. The lowest BCUT2D eigenvalue weighted by molar-refractivity contribution is 0.811. The first-order valence-corrected chi connectivity index (χ1v) is 8.42. The number of hydrogen-bond acceptors (Lipinski definition) is 1. The third kappa shape index (κ3) is 4.60. The van der Waals surface area contributed by atoms with Crippen LogP contribution in [0.15, 0.2) is 47.4 Å². The van der Waals surface area contributed by atoms with E-state index in [2.05, 4.69) is 19.1 Å². The quantitative estimate of drug-likeness (QED) is 0.539. The van der Waals surface area contributed by atoms with Gasteiger partial charge < -0.3 is 0 Å². The summed E-state index contributed by atoms with van der Waals surface area (Å²) in [4.78, 5) is 0.972. The first kappa shape index (κ1) is 16.0. The molecule has 0 nitrogen and oxygen atoms in total. The zero-order chi connectivity index (χ0) is 14.5. The summed E-state index contributed by atoms with van der Waals surface area (Å²) in [5, 5.41) is 2.67. The molecule has 1 unspecified atom stereocenters. The largest absolute Gasteiger partial charge is 0.120 e. The van der Waals surface area contributed by atoms with Gasteiger partial charge in [0.15, 0.2) is 0 Å². The normalized spacial score (nSPS) is 12.4. The van der Waals surface area contributed by atoms with Crippen molar-refractivity contribution in [2.75, 3.05) is 0 Å². The molecule has 1 atom stereocenters. The molecule has 2 aromatic carbocycles. The number of thioether (sulfide) groups is 1. The average molecular weight is 346 g/mol. The van der Waals surface area contributed by atoms with E-state index in [-0.39, 0.29) is 0 Å². The van der Waals surface area contributed by atoms with Crippen molar-refractivity contribution in [3.05, 3.63) is 63.1 Å². The summed E-state index contributed by atoms with van der Waals surface area (Å²) < 4.78 is 0. The molecule has 0 radical (unpaired) electrons. The molecule has 0 bridgehead atoms. The highest BCUT2D eigenvalue weighted by molar-refractivity contribution is 8.00. The molecule has 4 heteroatoms. The Labute approximate surface area is 139 Å². The molecule has 106 valence electrons. The SMILES string of the molecule is CC(CCc1ccc(Cl)cc1)Sc1c(Cl)cccc1Cl. The van der Waals surface area contributed by atoms with Crippen molar-refractivity contribution in [3.8, 4) is 0 Å². The number of rotatable bonds is 5. The molecule has 0 heterocycles.